The van der Waals surface area contributed by atoms with Crippen molar-refractivity contribution in [3.05, 3.63) is 49.8 Å². The molecule has 0 amide bonds. The van der Waals surface area contributed by atoms with E-state index >= 15 is 0 Å². The number of rotatable bonds is 4. The summed E-state index contributed by atoms with van der Waals surface area (Å²) in [5.41, 5.74) is 2.51. The van der Waals surface area contributed by atoms with E-state index in [1.54, 1.807) is 11.3 Å². The zero-order chi connectivity index (χ0) is 19.1. The molecule has 28 heavy (non-hydrogen) atoms. The van der Waals surface area contributed by atoms with Crippen LogP contribution in [0.5, 0.6) is 0 Å². The summed E-state index contributed by atoms with van der Waals surface area (Å²) >= 11 is 1.80. The molecule has 3 aliphatic heterocycles. The van der Waals surface area contributed by atoms with Gasteiger partial charge in [0, 0.05) is 61.0 Å². The summed E-state index contributed by atoms with van der Waals surface area (Å²) in [6.07, 6.45) is 7.12. The Balaban J connectivity index is 1.34. The molecular formula is C22H30N4OS. The maximum Gasteiger partial charge on any atom is 0.255 e. The number of aromatic nitrogens is 2. The largest absolute Gasteiger partial charge is 0.312 e. The molecule has 0 spiro atoms. The highest BCUT2D eigenvalue weighted by Crippen LogP contribution is 2.36. The zero-order valence-corrected chi connectivity index (χ0v) is 17.6. The third-order valence-electron chi connectivity index (χ3n) is 6.65. The molecule has 0 saturated carbocycles. The van der Waals surface area contributed by atoms with Crippen molar-refractivity contribution in [3.8, 4) is 0 Å². The van der Waals surface area contributed by atoms with Crippen LogP contribution in [-0.2, 0) is 19.6 Å². The Labute approximate surface area is 171 Å². The number of thiazole rings is 1. The molecule has 5 heterocycles. The number of hydrogen-bond donors (Lipinski definition) is 0. The number of aryl methyl sites for hydroxylation is 1. The highest BCUT2D eigenvalue weighted by atomic mass is 32.1. The number of nitrogens with zero attached hydrogens (tertiary/aromatic N) is 4. The predicted octanol–water partition coefficient (Wildman–Crippen LogP) is 3.22. The molecule has 150 valence electrons. The van der Waals surface area contributed by atoms with Gasteiger partial charge in [-0.05, 0) is 51.3 Å². The molecule has 2 aromatic rings. The second-order valence-electron chi connectivity index (χ2n) is 8.87. The van der Waals surface area contributed by atoms with Gasteiger partial charge in [0.1, 0.15) is 0 Å². The third-order valence-corrected chi connectivity index (χ3v) is 7.55. The summed E-state index contributed by atoms with van der Waals surface area (Å²) in [7, 11) is 0. The Kier molecular flexibility index (Phi) is 5.11. The first-order valence-corrected chi connectivity index (χ1v) is 11.6. The third kappa shape index (κ3) is 3.70. The molecular weight excluding hydrogens is 368 g/mol. The van der Waals surface area contributed by atoms with Crippen LogP contribution < -0.4 is 5.56 Å². The summed E-state index contributed by atoms with van der Waals surface area (Å²) in [4.78, 5) is 24.0. The molecule has 0 radical (unpaired) electrons. The van der Waals surface area contributed by atoms with Gasteiger partial charge in [0.05, 0.1) is 5.01 Å². The van der Waals surface area contributed by atoms with Gasteiger partial charge in [-0.1, -0.05) is 12.5 Å². The number of hydrogen-bond acceptors (Lipinski definition) is 5. The fourth-order valence-corrected chi connectivity index (χ4v) is 6.23. The smallest absolute Gasteiger partial charge is 0.255 e. The Bertz CT molecular complexity index is 898. The van der Waals surface area contributed by atoms with Gasteiger partial charge in [0.25, 0.3) is 5.56 Å². The second kappa shape index (κ2) is 7.73. The van der Waals surface area contributed by atoms with E-state index in [4.69, 9.17) is 0 Å². The molecule has 0 aliphatic carbocycles. The first-order valence-electron chi connectivity index (χ1n) is 10.7. The van der Waals surface area contributed by atoms with Crippen LogP contribution in [0.25, 0.3) is 0 Å². The molecule has 0 aromatic carbocycles. The van der Waals surface area contributed by atoms with Crippen LogP contribution in [0.3, 0.4) is 0 Å². The van der Waals surface area contributed by atoms with Crippen LogP contribution in [0, 0.1) is 12.8 Å². The number of piperidine rings is 2. The van der Waals surface area contributed by atoms with E-state index < -0.39 is 0 Å². The zero-order valence-electron chi connectivity index (χ0n) is 16.8. The average molecular weight is 399 g/mol. The Morgan fingerprint density at radius 1 is 1.07 bits per heavy atom. The Morgan fingerprint density at radius 3 is 2.71 bits per heavy atom. The van der Waals surface area contributed by atoms with E-state index in [0.717, 1.165) is 56.4 Å². The maximum atomic E-state index is 13.2. The molecule has 2 bridgehead atoms. The summed E-state index contributed by atoms with van der Waals surface area (Å²) in [5, 5.41) is 1.14. The molecule has 6 heteroatoms. The van der Waals surface area contributed by atoms with Crippen molar-refractivity contribution in [1.82, 2.24) is 19.4 Å². The van der Waals surface area contributed by atoms with Crippen LogP contribution in [0.4, 0.5) is 0 Å². The lowest BCUT2D eigenvalue weighted by Crippen LogP contribution is -2.47. The molecule has 5 nitrogen and oxygen atoms in total. The first kappa shape index (κ1) is 18.5. The summed E-state index contributed by atoms with van der Waals surface area (Å²) in [5.74, 6) is 1.07. The lowest BCUT2D eigenvalue weighted by molar-refractivity contribution is 0.115. The number of pyridine rings is 1. The fraction of sp³-hybridized carbons (Fsp3) is 0.636. The first-order chi connectivity index (χ1) is 13.7. The molecule has 0 unspecified atom stereocenters. The van der Waals surface area contributed by atoms with Crippen molar-refractivity contribution in [3.63, 3.8) is 0 Å². The molecule has 2 atom stereocenters. The molecule has 5 rings (SSSR count). The number of likely N-dealkylation sites (tertiary alicyclic amines) is 2. The lowest BCUT2D eigenvalue weighted by atomic mass is 9.83. The van der Waals surface area contributed by atoms with Crippen LogP contribution in [0.15, 0.2) is 23.1 Å². The van der Waals surface area contributed by atoms with E-state index in [1.807, 2.05) is 6.20 Å². The predicted molar refractivity (Wildman–Crippen MR) is 113 cm³/mol. The van der Waals surface area contributed by atoms with Crippen molar-refractivity contribution in [2.24, 2.45) is 5.92 Å². The van der Waals surface area contributed by atoms with E-state index in [1.165, 1.54) is 36.3 Å². The van der Waals surface area contributed by atoms with Crippen LogP contribution in [0.1, 0.15) is 52.7 Å². The molecule has 2 fully saturated rings. The van der Waals surface area contributed by atoms with Gasteiger partial charge in [-0.25, -0.2) is 4.98 Å². The Morgan fingerprint density at radius 2 is 1.93 bits per heavy atom. The van der Waals surface area contributed by atoms with E-state index in [9.17, 15) is 4.79 Å². The number of fused-ring (bicyclic) bond motifs is 4. The minimum Gasteiger partial charge on any atom is -0.312 e. The van der Waals surface area contributed by atoms with Crippen LogP contribution in [0.2, 0.25) is 0 Å². The summed E-state index contributed by atoms with van der Waals surface area (Å²) in [6, 6.07) is 4.37. The van der Waals surface area contributed by atoms with Gasteiger partial charge in [-0.3, -0.25) is 14.6 Å². The van der Waals surface area contributed by atoms with Crippen molar-refractivity contribution in [1.29, 1.82) is 0 Å². The second-order valence-corrected chi connectivity index (χ2v) is 10.2. The van der Waals surface area contributed by atoms with Crippen molar-refractivity contribution in [2.75, 3.05) is 26.2 Å². The fourth-order valence-electron chi connectivity index (χ4n) is 5.40. The van der Waals surface area contributed by atoms with Crippen molar-refractivity contribution in [2.45, 2.75) is 58.2 Å². The van der Waals surface area contributed by atoms with Crippen LogP contribution in [-0.4, -0.2) is 45.5 Å². The molecule has 2 aromatic heterocycles. The lowest BCUT2D eigenvalue weighted by Gasteiger charge is -2.43. The molecule has 2 saturated heterocycles. The van der Waals surface area contributed by atoms with Gasteiger partial charge in [0.2, 0.25) is 0 Å². The maximum absolute atomic E-state index is 13.2. The average Bonchev–Trinajstić information content (AvgIpc) is 3.10. The highest BCUT2D eigenvalue weighted by molar-refractivity contribution is 7.11. The Hall–Kier alpha value is -1.50. The quantitative estimate of drug-likeness (QED) is 0.793. The topological polar surface area (TPSA) is 41.4 Å². The van der Waals surface area contributed by atoms with Gasteiger partial charge in [-0.15, -0.1) is 11.3 Å². The SMILES string of the molecule is Cc1ncc(CN2C[C@@H]3C[C@H](C2)c2ccc(CN4CCCCC4)c(=O)n2C3)s1. The molecule has 0 N–H and O–H groups in total. The normalized spacial score (nSPS) is 25.6. The van der Waals surface area contributed by atoms with Gasteiger partial charge in [-0.2, -0.15) is 0 Å². The van der Waals surface area contributed by atoms with E-state index in [2.05, 4.69) is 38.4 Å². The van der Waals surface area contributed by atoms with E-state index in [-0.39, 0.29) is 5.56 Å². The summed E-state index contributed by atoms with van der Waals surface area (Å²) in [6.45, 7) is 9.20. The summed E-state index contributed by atoms with van der Waals surface area (Å²) < 4.78 is 2.12. The van der Waals surface area contributed by atoms with Crippen molar-refractivity contribution >= 4 is 11.3 Å². The monoisotopic (exact) mass is 398 g/mol. The highest BCUT2D eigenvalue weighted by Gasteiger charge is 2.35. The molecule has 3 aliphatic rings. The van der Waals surface area contributed by atoms with E-state index in [0.29, 0.717) is 11.8 Å². The minimum absolute atomic E-state index is 0.268. The van der Waals surface area contributed by atoms with Gasteiger partial charge >= 0.3 is 0 Å². The van der Waals surface area contributed by atoms with Gasteiger partial charge in [0.15, 0.2) is 0 Å². The van der Waals surface area contributed by atoms with Gasteiger partial charge < -0.3 is 4.57 Å². The minimum atomic E-state index is 0.268. The standard InChI is InChI=1S/C22H30N4OS/c1-16-23-10-20(28-16)15-25-11-17-9-19(14-25)21-6-5-18(22(27)26(21)12-17)13-24-7-3-2-4-8-24/h5-6,10,17,19H,2-4,7-9,11-15H2,1H3/t17-,19+/m0/s1. The van der Waals surface area contributed by atoms with Crippen LogP contribution >= 0.6 is 11.3 Å². The van der Waals surface area contributed by atoms with Crippen molar-refractivity contribution < 1.29 is 0 Å².